The molecule has 1 unspecified atom stereocenters. The van der Waals surface area contributed by atoms with Crippen molar-refractivity contribution in [2.75, 3.05) is 19.8 Å². The number of carbonyl (C=O) groups is 2. The van der Waals surface area contributed by atoms with Gasteiger partial charge in [-0.15, -0.1) is 0 Å². The summed E-state index contributed by atoms with van der Waals surface area (Å²) in [5, 5.41) is 3.03. The van der Waals surface area contributed by atoms with Crippen molar-refractivity contribution in [3.8, 4) is 0 Å². The van der Waals surface area contributed by atoms with E-state index in [2.05, 4.69) is 5.32 Å². The van der Waals surface area contributed by atoms with Crippen LogP contribution in [0.15, 0.2) is 0 Å². The first-order valence-electron chi connectivity index (χ1n) is 7.68. The number of amides is 2. The fourth-order valence-corrected chi connectivity index (χ4v) is 3.67. The number of nitrogens with one attached hydrogen (secondary N) is 1. The molecule has 2 aliphatic heterocycles. The second-order valence-electron chi connectivity index (χ2n) is 6.95. The molecule has 1 N–H and O–H groups in total. The molecule has 0 bridgehead atoms. The number of hydrogen-bond acceptors (Lipinski definition) is 3. The van der Waals surface area contributed by atoms with Crippen LogP contribution in [0.5, 0.6) is 0 Å². The highest BCUT2D eigenvalue weighted by Crippen LogP contribution is 2.38. The van der Waals surface area contributed by atoms with E-state index in [1.165, 1.54) is 0 Å². The smallest absolute Gasteiger partial charge is 0.249 e. The van der Waals surface area contributed by atoms with Gasteiger partial charge < -0.3 is 15.0 Å². The Labute approximate surface area is 120 Å². The molecule has 3 aliphatic rings. The van der Waals surface area contributed by atoms with E-state index >= 15 is 0 Å². The largest absolute Gasteiger partial charge is 0.381 e. The lowest BCUT2D eigenvalue weighted by atomic mass is 9.85. The average Bonchev–Trinajstić information content (AvgIpc) is 3.05. The Hall–Kier alpha value is -1.10. The van der Waals surface area contributed by atoms with Gasteiger partial charge in [0.1, 0.15) is 11.1 Å². The van der Waals surface area contributed by atoms with Crippen LogP contribution < -0.4 is 5.32 Å². The zero-order valence-electron chi connectivity index (χ0n) is 12.4. The lowest BCUT2D eigenvalue weighted by Gasteiger charge is -2.49. The van der Waals surface area contributed by atoms with Crippen LogP contribution in [-0.2, 0) is 14.3 Å². The van der Waals surface area contributed by atoms with Crippen molar-refractivity contribution >= 4 is 11.8 Å². The first-order chi connectivity index (χ1) is 9.46. The van der Waals surface area contributed by atoms with Gasteiger partial charge in [0, 0.05) is 19.1 Å². The van der Waals surface area contributed by atoms with Gasteiger partial charge in [-0.25, -0.2) is 0 Å². The number of piperazine rings is 1. The maximum atomic E-state index is 13.0. The molecular weight excluding hydrogens is 256 g/mol. The van der Waals surface area contributed by atoms with E-state index in [1.54, 1.807) is 0 Å². The summed E-state index contributed by atoms with van der Waals surface area (Å²) >= 11 is 0. The summed E-state index contributed by atoms with van der Waals surface area (Å²) < 4.78 is 5.41. The molecule has 0 aromatic heterocycles. The highest BCUT2D eigenvalue weighted by atomic mass is 16.5. The second kappa shape index (κ2) is 4.72. The van der Waals surface area contributed by atoms with Crippen LogP contribution in [0.1, 0.15) is 46.0 Å². The van der Waals surface area contributed by atoms with E-state index in [9.17, 15) is 9.59 Å². The number of nitrogens with zero attached hydrogens (tertiary/aromatic N) is 1. The van der Waals surface area contributed by atoms with Crippen LogP contribution in [-0.4, -0.2) is 47.6 Å². The Kier molecular flexibility index (Phi) is 3.27. The van der Waals surface area contributed by atoms with Gasteiger partial charge in [-0.1, -0.05) is 12.8 Å². The molecule has 1 atom stereocenters. The Morgan fingerprint density at radius 1 is 1.30 bits per heavy atom. The minimum absolute atomic E-state index is 0.0158. The molecule has 0 aromatic carbocycles. The molecule has 3 fully saturated rings. The maximum absolute atomic E-state index is 13.0. The molecular formula is C15H24N2O3. The summed E-state index contributed by atoms with van der Waals surface area (Å²) in [7, 11) is 0. The zero-order valence-corrected chi connectivity index (χ0v) is 12.4. The van der Waals surface area contributed by atoms with Gasteiger partial charge >= 0.3 is 0 Å². The van der Waals surface area contributed by atoms with Crippen LogP contribution in [0.3, 0.4) is 0 Å². The first kappa shape index (κ1) is 13.9. The molecule has 5 heteroatoms. The van der Waals surface area contributed by atoms with Crippen molar-refractivity contribution in [3.63, 3.8) is 0 Å². The van der Waals surface area contributed by atoms with E-state index < -0.39 is 11.1 Å². The third-order valence-corrected chi connectivity index (χ3v) is 5.16. The summed E-state index contributed by atoms with van der Waals surface area (Å²) in [6, 6.07) is 0. The lowest BCUT2D eigenvalue weighted by Crippen LogP contribution is -2.73. The van der Waals surface area contributed by atoms with Crippen LogP contribution >= 0.6 is 0 Å². The second-order valence-corrected chi connectivity index (χ2v) is 6.95. The molecule has 1 spiro atoms. The molecule has 1 saturated carbocycles. The Morgan fingerprint density at radius 2 is 2.00 bits per heavy atom. The minimum Gasteiger partial charge on any atom is -0.381 e. The van der Waals surface area contributed by atoms with E-state index in [4.69, 9.17) is 4.74 Å². The van der Waals surface area contributed by atoms with Crippen molar-refractivity contribution in [1.82, 2.24) is 10.2 Å². The first-order valence-corrected chi connectivity index (χ1v) is 7.68. The van der Waals surface area contributed by atoms with E-state index in [1.807, 2.05) is 18.7 Å². The van der Waals surface area contributed by atoms with Gasteiger partial charge in [-0.3, -0.25) is 9.59 Å². The average molecular weight is 280 g/mol. The van der Waals surface area contributed by atoms with Gasteiger partial charge in [0.15, 0.2) is 0 Å². The number of rotatable bonds is 2. The molecule has 5 nitrogen and oxygen atoms in total. The minimum atomic E-state index is -0.756. The van der Waals surface area contributed by atoms with Crippen LogP contribution in [0.25, 0.3) is 0 Å². The van der Waals surface area contributed by atoms with Gasteiger partial charge in [0.05, 0.1) is 6.61 Å². The van der Waals surface area contributed by atoms with Crippen LogP contribution in [0, 0.1) is 5.92 Å². The van der Waals surface area contributed by atoms with Gasteiger partial charge in [-0.05, 0) is 33.1 Å². The predicted molar refractivity (Wildman–Crippen MR) is 74.1 cm³/mol. The van der Waals surface area contributed by atoms with Crippen LogP contribution in [0.2, 0.25) is 0 Å². The van der Waals surface area contributed by atoms with Crippen molar-refractivity contribution in [2.45, 2.75) is 57.0 Å². The van der Waals surface area contributed by atoms with Crippen molar-refractivity contribution in [1.29, 1.82) is 0 Å². The van der Waals surface area contributed by atoms with E-state index in [0.717, 1.165) is 38.7 Å². The SMILES string of the molecule is CC1(C)C(=O)NC2(CCCC2)C(=O)N1CC1CCOC1. The molecule has 2 amide bonds. The number of ether oxygens (including phenoxy) is 1. The van der Waals surface area contributed by atoms with E-state index in [0.29, 0.717) is 19.1 Å². The molecule has 0 radical (unpaired) electrons. The Balaban J connectivity index is 1.86. The zero-order chi connectivity index (χ0) is 14.4. The van der Waals surface area contributed by atoms with Crippen molar-refractivity contribution in [2.24, 2.45) is 5.92 Å². The molecule has 20 heavy (non-hydrogen) atoms. The topological polar surface area (TPSA) is 58.6 Å². The summed E-state index contributed by atoms with van der Waals surface area (Å²) in [5.74, 6) is 0.465. The van der Waals surface area contributed by atoms with Crippen molar-refractivity contribution in [3.05, 3.63) is 0 Å². The fraction of sp³-hybridized carbons (Fsp3) is 0.867. The monoisotopic (exact) mass is 280 g/mol. The summed E-state index contributed by atoms with van der Waals surface area (Å²) in [6.45, 7) is 5.80. The number of carbonyl (C=O) groups excluding carboxylic acids is 2. The molecule has 112 valence electrons. The molecule has 2 heterocycles. The van der Waals surface area contributed by atoms with Gasteiger partial charge in [0.2, 0.25) is 11.8 Å². The van der Waals surface area contributed by atoms with Gasteiger partial charge in [-0.2, -0.15) is 0 Å². The summed E-state index contributed by atoms with van der Waals surface area (Å²) in [4.78, 5) is 27.3. The standard InChI is InChI=1S/C15H24N2O3/c1-14(2)12(18)16-15(6-3-4-7-15)13(19)17(14)9-11-5-8-20-10-11/h11H,3-10H2,1-2H3,(H,16,18). The summed E-state index contributed by atoms with van der Waals surface area (Å²) in [5.41, 5.74) is -1.38. The fourth-order valence-electron chi connectivity index (χ4n) is 3.67. The normalized spacial score (nSPS) is 31.9. The maximum Gasteiger partial charge on any atom is 0.249 e. The Morgan fingerprint density at radius 3 is 2.60 bits per heavy atom. The van der Waals surface area contributed by atoms with Gasteiger partial charge in [0.25, 0.3) is 0 Å². The van der Waals surface area contributed by atoms with E-state index in [-0.39, 0.29) is 11.8 Å². The Bertz CT molecular complexity index is 421. The molecule has 3 rings (SSSR count). The molecule has 1 aliphatic carbocycles. The third-order valence-electron chi connectivity index (χ3n) is 5.16. The highest BCUT2D eigenvalue weighted by molar-refractivity contribution is 6.02. The predicted octanol–water partition coefficient (Wildman–Crippen LogP) is 1.07. The summed E-state index contributed by atoms with van der Waals surface area (Å²) in [6.07, 6.45) is 4.59. The number of hydrogen-bond donors (Lipinski definition) is 1. The molecule has 0 aromatic rings. The molecule has 2 saturated heterocycles. The quantitative estimate of drug-likeness (QED) is 0.823. The van der Waals surface area contributed by atoms with Crippen molar-refractivity contribution < 1.29 is 14.3 Å². The third kappa shape index (κ3) is 2.03. The van der Waals surface area contributed by atoms with Crippen LogP contribution in [0.4, 0.5) is 0 Å². The lowest BCUT2D eigenvalue weighted by molar-refractivity contribution is -0.161. The highest BCUT2D eigenvalue weighted by Gasteiger charge is 2.55.